The highest BCUT2D eigenvalue weighted by molar-refractivity contribution is 7.55. The summed E-state index contributed by atoms with van der Waals surface area (Å²) in [6.45, 7) is 1.20. The van der Waals surface area contributed by atoms with E-state index in [9.17, 15) is 32.2 Å². The minimum absolute atomic E-state index is 0.467. The molecule has 0 spiro atoms. The molecule has 0 aromatic heterocycles. The van der Waals surface area contributed by atoms with E-state index in [4.69, 9.17) is 0 Å². The van der Waals surface area contributed by atoms with Crippen LogP contribution >= 0.6 is 7.60 Å². The fraction of sp³-hybridized carbons (Fsp3) is 0.500. The third kappa shape index (κ3) is 3.39. The van der Waals surface area contributed by atoms with Crippen molar-refractivity contribution in [3.05, 3.63) is 39.9 Å². The number of hydrogen-bond donors (Lipinski definition) is 0. The summed E-state index contributed by atoms with van der Waals surface area (Å²) in [6, 6.07) is 3.08. The Morgan fingerprint density at radius 3 is 2.04 bits per heavy atom. The van der Waals surface area contributed by atoms with Crippen LogP contribution in [0.25, 0.3) is 0 Å². The Morgan fingerprint density at radius 2 is 1.61 bits per heavy atom. The van der Waals surface area contributed by atoms with Crippen LogP contribution in [-0.4, -0.2) is 23.8 Å². The van der Waals surface area contributed by atoms with Gasteiger partial charge >= 0.3 is 19.2 Å². The zero-order valence-electron chi connectivity index (χ0n) is 12.2. The molecule has 1 aromatic carbocycles. The number of nitro groups is 1. The maximum atomic E-state index is 14.3. The van der Waals surface area contributed by atoms with Crippen molar-refractivity contribution < 1.29 is 36.1 Å². The van der Waals surface area contributed by atoms with Crippen LogP contribution in [0.1, 0.15) is 19.4 Å². The highest BCUT2D eigenvalue weighted by atomic mass is 31.2. The number of para-hydroxylation sites is 1. The molecule has 1 rings (SSSR count). The Bertz CT molecular complexity index is 615. The molecule has 0 radical (unpaired) electrons. The molecule has 1 aromatic rings. The van der Waals surface area contributed by atoms with Crippen LogP contribution in [0, 0.1) is 10.1 Å². The average Bonchev–Trinajstić information content (AvgIpc) is 2.47. The number of nitro benzene ring substituents is 1. The predicted octanol–water partition coefficient (Wildman–Crippen LogP) is 4.55. The van der Waals surface area contributed by atoms with Crippen LogP contribution in [0.15, 0.2) is 24.3 Å². The van der Waals surface area contributed by atoms with E-state index in [1.165, 1.54) is 13.8 Å². The molecule has 0 saturated carbocycles. The Morgan fingerprint density at radius 1 is 1.13 bits per heavy atom. The third-order valence-corrected chi connectivity index (χ3v) is 4.92. The number of benzene rings is 1. The van der Waals surface area contributed by atoms with E-state index < -0.39 is 48.6 Å². The summed E-state index contributed by atoms with van der Waals surface area (Å²) in [5.74, 6) is -5.14. The molecular weight excluding hydrogens is 345 g/mol. The van der Waals surface area contributed by atoms with Crippen molar-refractivity contribution in [2.24, 2.45) is 0 Å². The molecule has 0 heterocycles. The lowest BCUT2D eigenvalue weighted by Crippen LogP contribution is -2.39. The summed E-state index contributed by atoms with van der Waals surface area (Å²) in [4.78, 5) is 9.56. The minimum atomic E-state index is -5.57. The SMILES string of the molecule is CCOP(=O)(OCC)C(F)(F)C(F)(F)c1ccccc1[N+](=O)[O-]. The first-order valence-corrected chi connectivity index (χ1v) is 7.98. The van der Waals surface area contributed by atoms with Crippen molar-refractivity contribution in [3.63, 3.8) is 0 Å². The molecule has 130 valence electrons. The van der Waals surface area contributed by atoms with E-state index in [1.54, 1.807) is 0 Å². The minimum Gasteiger partial charge on any atom is -0.305 e. The lowest BCUT2D eigenvalue weighted by Gasteiger charge is -2.31. The second kappa shape index (κ2) is 6.94. The number of nitrogens with zero attached hydrogens (tertiary/aromatic N) is 1. The summed E-state index contributed by atoms with van der Waals surface area (Å²) in [5.41, 5.74) is -8.09. The van der Waals surface area contributed by atoms with Crippen molar-refractivity contribution in [2.75, 3.05) is 13.2 Å². The normalized spacial score (nSPS) is 13.1. The topological polar surface area (TPSA) is 78.7 Å². The largest absolute Gasteiger partial charge is 0.412 e. The molecule has 0 saturated heterocycles. The summed E-state index contributed by atoms with van der Waals surface area (Å²) in [5, 5.41) is 10.8. The lowest BCUT2D eigenvalue weighted by atomic mass is 10.1. The Kier molecular flexibility index (Phi) is 5.89. The summed E-state index contributed by atoms with van der Waals surface area (Å²) >= 11 is 0. The molecular formula is C12H14F4NO5P. The van der Waals surface area contributed by atoms with Gasteiger partial charge in [0, 0.05) is 6.07 Å². The fourth-order valence-corrected chi connectivity index (χ4v) is 3.31. The van der Waals surface area contributed by atoms with Crippen LogP contribution in [0.2, 0.25) is 0 Å². The van der Waals surface area contributed by atoms with E-state index in [1.807, 2.05) is 0 Å². The van der Waals surface area contributed by atoms with Gasteiger partial charge in [0.25, 0.3) is 5.69 Å². The Balaban J connectivity index is 3.51. The first kappa shape index (κ1) is 19.5. The van der Waals surface area contributed by atoms with Crippen LogP contribution in [0.4, 0.5) is 23.2 Å². The first-order valence-electron chi connectivity index (χ1n) is 6.43. The standard InChI is InChI=1S/C12H14F4NO5P/c1-3-21-23(20,22-4-2)12(15,16)11(13,14)9-7-5-6-8-10(9)17(18)19/h5-8H,3-4H2,1-2H3. The quantitative estimate of drug-likeness (QED) is 0.295. The zero-order valence-corrected chi connectivity index (χ0v) is 13.1. The van der Waals surface area contributed by atoms with Gasteiger partial charge in [0.2, 0.25) is 0 Å². The van der Waals surface area contributed by atoms with Crippen LogP contribution in [0.5, 0.6) is 0 Å². The van der Waals surface area contributed by atoms with Gasteiger partial charge in [0.05, 0.1) is 18.1 Å². The first-order chi connectivity index (χ1) is 10.5. The molecule has 0 aliphatic rings. The van der Waals surface area contributed by atoms with Crippen LogP contribution in [-0.2, 0) is 19.5 Å². The van der Waals surface area contributed by atoms with Gasteiger partial charge in [-0.2, -0.15) is 17.6 Å². The van der Waals surface area contributed by atoms with E-state index in [-0.39, 0.29) is 0 Å². The molecule has 0 amide bonds. The molecule has 0 fully saturated rings. The second-order valence-electron chi connectivity index (χ2n) is 4.22. The van der Waals surface area contributed by atoms with Gasteiger partial charge in [-0.1, -0.05) is 12.1 Å². The van der Waals surface area contributed by atoms with Gasteiger partial charge in [-0.3, -0.25) is 14.7 Å². The molecule has 11 heteroatoms. The maximum absolute atomic E-state index is 14.3. The summed E-state index contributed by atoms with van der Waals surface area (Å²) in [6.07, 6.45) is 0. The number of halogens is 4. The molecule has 0 aliphatic heterocycles. The Hall–Kier alpha value is -1.51. The third-order valence-electron chi connectivity index (χ3n) is 2.76. The highest BCUT2D eigenvalue weighted by Crippen LogP contribution is 2.69. The van der Waals surface area contributed by atoms with Gasteiger partial charge in [-0.15, -0.1) is 0 Å². The van der Waals surface area contributed by atoms with E-state index in [0.717, 1.165) is 12.1 Å². The predicted molar refractivity (Wildman–Crippen MR) is 72.8 cm³/mol. The van der Waals surface area contributed by atoms with Gasteiger partial charge in [-0.25, -0.2) is 0 Å². The summed E-state index contributed by atoms with van der Waals surface area (Å²) in [7, 11) is -5.57. The molecule has 0 N–H and O–H groups in total. The van der Waals surface area contributed by atoms with E-state index >= 15 is 0 Å². The molecule has 6 nitrogen and oxygen atoms in total. The molecule has 0 unspecified atom stereocenters. The van der Waals surface area contributed by atoms with Crippen molar-refractivity contribution in [1.82, 2.24) is 0 Å². The summed E-state index contributed by atoms with van der Waals surface area (Å²) < 4.78 is 77.8. The van der Waals surface area contributed by atoms with Gasteiger partial charge in [0.15, 0.2) is 0 Å². The number of rotatable bonds is 8. The van der Waals surface area contributed by atoms with Crippen molar-refractivity contribution >= 4 is 13.3 Å². The van der Waals surface area contributed by atoms with Crippen molar-refractivity contribution in [1.29, 1.82) is 0 Å². The zero-order chi connectivity index (χ0) is 17.9. The van der Waals surface area contributed by atoms with E-state index in [0.29, 0.717) is 12.1 Å². The number of hydrogen-bond acceptors (Lipinski definition) is 5. The van der Waals surface area contributed by atoms with Gasteiger partial charge < -0.3 is 9.05 Å². The van der Waals surface area contributed by atoms with E-state index in [2.05, 4.69) is 9.05 Å². The van der Waals surface area contributed by atoms with Gasteiger partial charge in [0.1, 0.15) is 5.56 Å². The smallest absolute Gasteiger partial charge is 0.305 e. The van der Waals surface area contributed by atoms with Crippen molar-refractivity contribution in [3.8, 4) is 0 Å². The average molecular weight is 359 g/mol. The number of alkyl halides is 4. The monoisotopic (exact) mass is 359 g/mol. The second-order valence-corrected chi connectivity index (χ2v) is 6.30. The molecule has 0 atom stereocenters. The Labute approximate surface area is 129 Å². The van der Waals surface area contributed by atoms with Gasteiger partial charge in [-0.05, 0) is 19.9 Å². The molecule has 0 bridgehead atoms. The fourth-order valence-electron chi connectivity index (χ4n) is 1.77. The maximum Gasteiger partial charge on any atom is 0.412 e. The van der Waals surface area contributed by atoms with Crippen molar-refractivity contribution in [2.45, 2.75) is 25.4 Å². The highest BCUT2D eigenvalue weighted by Gasteiger charge is 2.72. The van der Waals surface area contributed by atoms with Crippen LogP contribution < -0.4 is 0 Å². The van der Waals surface area contributed by atoms with Crippen LogP contribution in [0.3, 0.4) is 0 Å². The molecule has 23 heavy (non-hydrogen) atoms. The molecule has 0 aliphatic carbocycles. The lowest BCUT2D eigenvalue weighted by molar-refractivity contribution is -0.387.